The van der Waals surface area contributed by atoms with Gasteiger partial charge >= 0.3 is 18.4 Å². The number of halogens is 5. The van der Waals surface area contributed by atoms with Gasteiger partial charge in [0, 0.05) is 23.9 Å². The number of alkyl halides is 5. The van der Waals surface area contributed by atoms with Gasteiger partial charge in [-0.1, -0.05) is 12.1 Å². The summed E-state index contributed by atoms with van der Waals surface area (Å²) in [5, 5.41) is 6.48. The van der Waals surface area contributed by atoms with Gasteiger partial charge in [0.1, 0.15) is 5.75 Å². The molecular formula is C29H21F5N4O7. The highest BCUT2D eigenvalue weighted by atomic mass is 19.4. The monoisotopic (exact) mass is 632 g/mol. The van der Waals surface area contributed by atoms with Crippen LogP contribution in [0.1, 0.15) is 49.3 Å². The molecule has 2 aromatic heterocycles. The maximum Gasteiger partial charge on any atom is 0.586 e. The van der Waals surface area contributed by atoms with Gasteiger partial charge in [0.2, 0.25) is 0 Å². The van der Waals surface area contributed by atoms with Crippen molar-refractivity contribution in [1.29, 1.82) is 0 Å². The van der Waals surface area contributed by atoms with E-state index < -0.39 is 42.8 Å². The Morgan fingerprint density at radius 2 is 1.87 bits per heavy atom. The second-order valence-electron chi connectivity index (χ2n) is 9.83. The number of fused-ring (bicyclic) bond motifs is 2. The molecule has 4 aromatic rings. The Hall–Kier alpha value is -5.25. The lowest BCUT2D eigenvalue weighted by Crippen LogP contribution is -2.26. The molecule has 1 N–H and O–H groups in total. The molecule has 16 heteroatoms. The summed E-state index contributed by atoms with van der Waals surface area (Å²) in [5.41, 5.74) is -0.704. The van der Waals surface area contributed by atoms with Crippen molar-refractivity contribution in [2.45, 2.75) is 31.7 Å². The van der Waals surface area contributed by atoms with Crippen molar-refractivity contribution in [3.05, 3.63) is 94.6 Å². The van der Waals surface area contributed by atoms with Gasteiger partial charge in [-0.2, -0.15) is 18.3 Å². The fourth-order valence-corrected chi connectivity index (χ4v) is 4.84. The van der Waals surface area contributed by atoms with Gasteiger partial charge in [0.05, 0.1) is 43.5 Å². The minimum atomic E-state index is -4.84. The molecule has 1 unspecified atom stereocenters. The van der Waals surface area contributed by atoms with Crippen molar-refractivity contribution in [3.63, 3.8) is 0 Å². The van der Waals surface area contributed by atoms with E-state index in [-0.39, 0.29) is 58.5 Å². The molecule has 1 atom stereocenters. The third-order valence-electron chi connectivity index (χ3n) is 6.80. The number of methoxy groups -OCH3 is 1. The molecule has 234 valence electrons. The topological polar surface area (TPSA) is 123 Å². The zero-order valence-electron chi connectivity index (χ0n) is 23.1. The molecule has 0 aliphatic carbocycles. The van der Waals surface area contributed by atoms with Crippen LogP contribution in [0.4, 0.5) is 22.0 Å². The van der Waals surface area contributed by atoms with Crippen LogP contribution in [0.5, 0.6) is 17.2 Å². The number of ether oxygens (including phenoxy) is 5. The predicted octanol–water partition coefficient (Wildman–Crippen LogP) is 4.97. The summed E-state index contributed by atoms with van der Waals surface area (Å²) in [5.74, 6) is -1.55. The number of amides is 1. The molecular weight excluding hydrogens is 611 g/mol. The van der Waals surface area contributed by atoms with Gasteiger partial charge in [-0.25, -0.2) is 9.48 Å². The average Bonchev–Trinajstić information content (AvgIpc) is 3.56. The van der Waals surface area contributed by atoms with E-state index in [0.717, 1.165) is 4.68 Å². The van der Waals surface area contributed by atoms with Gasteiger partial charge in [-0.3, -0.25) is 9.78 Å². The van der Waals surface area contributed by atoms with E-state index in [9.17, 15) is 31.5 Å². The highest BCUT2D eigenvalue weighted by Crippen LogP contribution is 2.42. The standard InChI is InChI=1S/C29H21F5N4O7/c1-41-27(40)17-9-19(12-35-11-17)43-23-14-42-13-20-24(23)38(37-25(20)28(30,31)32)18-4-2-3-16(8-18)26(39)36-10-15-5-6-21-22(7-15)45-29(33,34)44-21/h2-9,11-12,23H,10,13-14H2,1H3,(H,36,39). The predicted molar refractivity (Wildman–Crippen MR) is 141 cm³/mol. The van der Waals surface area contributed by atoms with Crippen LogP contribution < -0.4 is 19.5 Å². The number of pyridine rings is 1. The number of carbonyl (C=O) groups is 2. The van der Waals surface area contributed by atoms with Gasteiger partial charge in [0.25, 0.3) is 5.91 Å². The van der Waals surface area contributed by atoms with E-state index in [2.05, 4.69) is 29.6 Å². The van der Waals surface area contributed by atoms with Crippen molar-refractivity contribution < 1.29 is 55.2 Å². The van der Waals surface area contributed by atoms with Crippen LogP contribution in [0, 0.1) is 0 Å². The third-order valence-corrected chi connectivity index (χ3v) is 6.80. The largest absolute Gasteiger partial charge is 0.586 e. The lowest BCUT2D eigenvalue weighted by atomic mass is 10.1. The van der Waals surface area contributed by atoms with Crippen LogP contribution in [-0.4, -0.2) is 46.7 Å². The first-order chi connectivity index (χ1) is 21.4. The maximum atomic E-state index is 14.1. The first kappa shape index (κ1) is 29.8. The molecule has 2 aliphatic rings. The zero-order valence-corrected chi connectivity index (χ0v) is 23.1. The minimum Gasteiger partial charge on any atom is -0.480 e. The van der Waals surface area contributed by atoms with Gasteiger partial charge in [0.15, 0.2) is 23.3 Å². The van der Waals surface area contributed by atoms with E-state index in [1.54, 1.807) is 0 Å². The van der Waals surface area contributed by atoms with E-state index in [4.69, 9.17) is 9.47 Å². The fourth-order valence-electron chi connectivity index (χ4n) is 4.84. The summed E-state index contributed by atoms with van der Waals surface area (Å²) in [4.78, 5) is 28.9. The lowest BCUT2D eigenvalue weighted by Gasteiger charge is -2.26. The molecule has 45 heavy (non-hydrogen) atoms. The van der Waals surface area contributed by atoms with Gasteiger partial charge < -0.3 is 29.0 Å². The van der Waals surface area contributed by atoms with Crippen LogP contribution in [0.15, 0.2) is 60.9 Å². The summed E-state index contributed by atoms with van der Waals surface area (Å²) in [6.07, 6.45) is -7.21. The Morgan fingerprint density at radius 3 is 2.64 bits per heavy atom. The molecule has 1 amide bonds. The molecule has 11 nitrogen and oxygen atoms in total. The molecule has 0 saturated heterocycles. The van der Waals surface area contributed by atoms with Crippen LogP contribution >= 0.6 is 0 Å². The summed E-state index contributed by atoms with van der Waals surface area (Å²) >= 11 is 0. The van der Waals surface area contributed by atoms with Crippen molar-refractivity contribution in [2.75, 3.05) is 13.7 Å². The summed E-state index contributed by atoms with van der Waals surface area (Å²) in [7, 11) is 1.18. The Labute approximate surface area is 250 Å². The number of hydrogen-bond acceptors (Lipinski definition) is 9. The van der Waals surface area contributed by atoms with Crippen molar-refractivity contribution in [3.8, 4) is 22.9 Å². The molecule has 2 aromatic carbocycles. The molecule has 0 spiro atoms. The van der Waals surface area contributed by atoms with Crippen molar-refractivity contribution in [1.82, 2.24) is 20.1 Å². The van der Waals surface area contributed by atoms with Crippen LogP contribution in [-0.2, 0) is 28.8 Å². The molecule has 0 radical (unpaired) electrons. The number of benzene rings is 2. The summed E-state index contributed by atoms with van der Waals surface area (Å²) in [6, 6.07) is 11.1. The molecule has 0 bridgehead atoms. The molecule has 4 heterocycles. The van der Waals surface area contributed by atoms with Crippen molar-refractivity contribution in [2.24, 2.45) is 0 Å². The second kappa shape index (κ2) is 11.4. The van der Waals surface area contributed by atoms with Gasteiger partial charge in [-0.05, 0) is 42.0 Å². The quantitative estimate of drug-likeness (QED) is 0.222. The van der Waals surface area contributed by atoms with Crippen LogP contribution in [0.3, 0.4) is 0 Å². The normalized spacial score (nSPS) is 16.5. The van der Waals surface area contributed by atoms with Crippen molar-refractivity contribution >= 4 is 11.9 Å². The first-order valence-corrected chi connectivity index (χ1v) is 13.2. The molecule has 0 saturated carbocycles. The number of carbonyl (C=O) groups excluding carboxylic acids is 2. The summed E-state index contributed by atoms with van der Waals surface area (Å²) in [6.45, 7) is -0.626. The number of rotatable bonds is 7. The maximum absolute atomic E-state index is 14.1. The number of aromatic nitrogens is 3. The number of nitrogens with one attached hydrogen (secondary N) is 1. The fraction of sp³-hybridized carbons (Fsp3) is 0.241. The Kier molecular flexibility index (Phi) is 7.52. The smallest absolute Gasteiger partial charge is 0.480 e. The Morgan fingerprint density at radius 1 is 1.07 bits per heavy atom. The molecule has 0 fully saturated rings. The minimum absolute atomic E-state index is 0.0340. The highest BCUT2D eigenvalue weighted by molar-refractivity contribution is 5.94. The lowest BCUT2D eigenvalue weighted by molar-refractivity contribution is -0.286. The van der Waals surface area contributed by atoms with E-state index in [0.29, 0.717) is 5.56 Å². The second-order valence-corrected chi connectivity index (χ2v) is 9.83. The van der Waals surface area contributed by atoms with E-state index >= 15 is 0 Å². The SMILES string of the molecule is COC(=O)c1cncc(OC2COCc3c(C(F)(F)F)nn(-c4cccc(C(=O)NCc5ccc6c(c5)OC(F)(F)O6)c4)c32)c1. The van der Waals surface area contributed by atoms with Gasteiger partial charge in [-0.15, -0.1) is 8.78 Å². The van der Waals surface area contributed by atoms with E-state index in [1.165, 1.54) is 68.0 Å². The number of nitrogens with zero attached hydrogens (tertiary/aromatic N) is 3. The summed E-state index contributed by atoms with van der Waals surface area (Å²) < 4.78 is 94.8. The first-order valence-electron chi connectivity index (χ1n) is 13.2. The van der Waals surface area contributed by atoms with Crippen LogP contribution in [0.25, 0.3) is 5.69 Å². The number of hydrogen-bond donors (Lipinski definition) is 1. The zero-order chi connectivity index (χ0) is 31.9. The number of esters is 1. The Balaban J connectivity index is 1.28. The third kappa shape index (κ3) is 6.08. The van der Waals surface area contributed by atoms with Crippen LogP contribution in [0.2, 0.25) is 0 Å². The van der Waals surface area contributed by atoms with E-state index in [1.807, 2.05) is 0 Å². The average molecular weight is 632 g/mol. The highest BCUT2D eigenvalue weighted by Gasteiger charge is 2.44. The molecule has 2 aliphatic heterocycles. The molecule has 6 rings (SSSR count). The Bertz CT molecular complexity index is 1790.